The molecule has 0 amide bonds. The molecule has 84 valence electrons. The van der Waals surface area contributed by atoms with E-state index in [0.717, 1.165) is 0 Å². The Morgan fingerprint density at radius 3 is 1.79 bits per heavy atom. The minimum atomic E-state index is -6.92. The van der Waals surface area contributed by atoms with Crippen molar-refractivity contribution in [1.82, 2.24) is 0 Å². The predicted molar refractivity (Wildman–Crippen MR) is 31.3 cm³/mol. The molecule has 0 saturated heterocycles. The molecule has 0 bridgehead atoms. The Kier molecular flexibility index (Phi) is 3.11. The lowest BCUT2D eigenvalue weighted by Gasteiger charge is -2.21. The third-order valence-corrected chi connectivity index (χ3v) is 1.73. The Hall–Kier alpha value is -0.930. The first-order valence-corrected chi connectivity index (χ1v) is 4.03. The fraction of sp³-hybridized carbons (Fsp3) is 0.500. The summed E-state index contributed by atoms with van der Waals surface area (Å²) in [5.41, 5.74) is 0. The predicted octanol–water partition coefficient (Wildman–Crippen LogP) is 1.93. The smallest absolute Gasteiger partial charge is 0.401 e. The van der Waals surface area contributed by atoms with Crippen molar-refractivity contribution in [3.8, 4) is 0 Å². The molecule has 0 aromatic carbocycles. The lowest BCUT2D eigenvalue weighted by molar-refractivity contribution is -0.307. The van der Waals surface area contributed by atoms with Crippen LogP contribution in [0.25, 0.3) is 0 Å². The third-order valence-electron chi connectivity index (χ3n) is 0.884. The molecule has 0 atom stereocenters. The fourth-order valence-electron chi connectivity index (χ4n) is 0.340. The van der Waals surface area contributed by atoms with E-state index in [1.165, 1.54) is 0 Å². The van der Waals surface area contributed by atoms with Gasteiger partial charge in [-0.05, 0) is 6.58 Å². The van der Waals surface area contributed by atoms with Crippen molar-refractivity contribution >= 4 is 10.2 Å². The van der Waals surface area contributed by atoms with E-state index in [9.17, 15) is 34.3 Å². The number of rotatable bonds is 4. The van der Waals surface area contributed by atoms with Crippen molar-refractivity contribution < 1.29 is 39.0 Å². The average Bonchev–Trinajstić information content (AvgIpc) is 1.80. The topological polar surface area (TPSA) is 43.4 Å². The first kappa shape index (κ1) is 13.1. The monoisotopic (exact) mass is 244 g/mol. The molecule has 3 nitrogen and oxygen atoms in total. The van der Waals surface area contributed by atoms with Crippen LogP contribution in [0.2, 0.25) is 0 Å². The van der Waals surface area contributed by atoms with Crippen LogP contribution in [-0.2, 0) is 15.0 Å². The van der Waals surface area contributed by atoms with Gasteiger partial charge in [-0.15, -0.1) is 0 Å². The molecular weight excluding hydrogens is 242 g/mol. The number of halogens is 6. The highest BCUT2D eigenvalue weighted by atomic mass is 32.3. The van der Waals surface area contributed by atoms with Crippen LogP contribution >= 0.6 is 0 Å². The second-order valence-electron chi connectivity index (χ2n) is 1.93. The molecule has 0 aliphatic rings. The van der Waals surface area contributed by atoms with E-state index in [-0.39, 0.29) is 0 Å². The van der Waals surface area contributed by atoms with Crippen molar-refractivity contribution in [2.75, 3.05) is 0 Å². The number of hydrogen-bond donors (Lipinski definition) is 0. The summed E-state index contributed by atoms with van der Waals surface area (Å²) in [6.07, 6.45) is -5.87. The Balaban J connectivity index is 5.18. The number of hydrogen-bond acceptors (Lipinski definition) is 3. The van der Waals surface area contributed by atoms with Gasteiger partial charge in [-0.2, -0.15) is 30.4 Å². The van der Waals surface area contributed by atoms with Crippen LogP contribution in [0.3, 0.4) is 0 Å². The average molecular weight is 244 g/mol. The zero-order chi connectivity index (χ0) is 11.8. The summed E-state index contributed by atoms with van der Waals surface area (Å²) in [5, 5.41) is -6.19. The normalized spacial score (nSPS) is 13.9. The van der Waals surface area contributed by atoms with Gasteiger partial charge in [-0.25, -0.2) is 0 Å². The molecule has 0 aliphatic carbocycles. The van der Waals surface area contributed by atoms with Gasteiger partial charge in [-0.3, -0.25) is 0 Å². The van der Waals surface area contributed by atoms with E-state index in [2.05, 4.69) is 4.74 Å². The molecule has 0 spiro atoms. The van der Waals surface area contributed by atoms with Crippen molar-refractivity contribution in [2.45, 2.75) is 11.4 Å². The highest BCUT2D eigenvalue weighted by Gasteiger charge is 2.70. The highest BCUT2D eigenvalue weighted by Crippen LogP contribution is 2.41. The number of alkyl halides is 4. The van der Waals surface area contributed by atoms with Crippen molar-refractivity contribution in [2.24, 2.45) is 0 Å². The summed E-state index contributed by atoms with van der Waals surface area (Å²) in [6.45, 7) is 2.02. The van der Waals surface area contributed by atoms with Crippen LogP contribution in [0.4, 0.5) is 25.8 Å². The summed E-state index contributed by atoms with van der Waals surface area (Å²) < 4.78 is 92.9. The maximum Gasteiger partial charge on any atom is 0.485 e. The van der Waals surface area contributed by atoms with Crippen LogP contribution in [0.1, 0.15) is 0 Å². The molecular formula is C4H2F6O3S. The van der Waals surface area contributed by atoms with Crippen LogP contribution in [-0.4, -0.2) is 19.8 Å². The Morgan fingerprint density at radius 1 is 1.21 bits per heavy atom. The van der Waals surface area contributed by atoms with Crippen molar-refractivity contribution in [1.29, 1.82) is 0 Å². The quantitative estimate of drug-likeness (QED) is 0.431. The summed E-state index contributed by atoms with van der Waals surface area (Å²) in [6, 6.07) is -2.38. The SMILES string of the molecule is C=C(F)OC(F)(F)C(F)(F)S(=O)(=O)F. The maximum absolute atomic E-state index is 12.1. The van der Waals surface area contributed by atoms with Crippen molar-refractivity contribution in [3.05, 3.63) is 12.6 Å². The highest BCUT2D eigenvalue weighted by molar-refractivity contribution is 7.87. The summed E-state index contributed by atoms with van der Waals surface area (Å²) >= 11 is 0. The van der Waals surface area contributed by atoms with Gasteiger partial charge in [-0.1, -0.05) is 3.89 Å². The van der Waals surface area contributed by atoms with Gasteiger partial charge < -0.3 is 4.74 Å². The molecule has 14 heavy (non-hydrogen) atoms. The zero-order valence-electron chi connectivity index (χ0n) is 6.11. The van der Waals surface area contributed by atoms with E-state index in [1.807, 2.05) is 6.58 Å². The lowest BCUT2D eigenvalue weighted by atomic mass is 10.6. The molecule has 0 unspecified atom stereocenters. The summed E-state index contributed by atoms with van der Waals surface area (Å²) in [7, 11) is -6.92. The Bertz CT molecular complexity index is 333. The Labute approximate surface area is 74.2 Å². The number of ether oxygens (including phenoxy) is 1. The first-order chi connectivity index (χ1) is 5.92. The van der Waals surface area contributed by atoms with Crippen LogP contribution in [0.15, 0.2) is 12.6 Å². The Morgan fingerprint density at radius 2 is 1.57 bits per heavy atom. The minimum absolute atomic E-state index is 2.02. The van der Waals surface area contributed by atoms with Crippen LogP contribution in [0, 0.1) is 0 Å². The van der Waals surface area contributed by atoms with E-state index in [4.69, 9.17) is 0 Å². The minimum Gasteiger partial charge on any atom is -0.401 e. The summed E-state index contributed by atoms with van der Waals surface area (Å²) in [4.78, 5) is 0. The van der Waals surface area contributed by atoms with Gasteiger partial charge in [0.05, 0.1) is 0 Å². The van der Waals surface area contributed by atoms with Gasteiger partial charge in [0.2, 0.25) is 0 Å². The third kappa shape index (κ3) is 2.30. The van der Waals surface area contributed by atoms with E-state index < -0.39 is 27.6 Å². The molecule has 0 aromatic rings. The van der Waals surface area contributed by atoms with Crippen molar-refractivity contribution in [3.63, 3.8) is 0 Å². The second kappa shape index (κ2) is 3.33. The van der Waals surface area contributed by atoms with Gasteiger partial charge in [0.15, 0.2) is 0 Å². The van der Waals surface area contributed by atoms with Crippen LogP contribution < -0.4 is 0 Å². The fourth-order valence-corrected chi connectivity index (χ4v) is 0.666. The van der Waals surface area contributed by atoms with Crippen LogP contribution in [0.5, 0.6) is 0 Å². The largest absolute Gasteiger partial charge is 0.485 e. The van der Waals surface area contributed by atoms with Gasteiger partial charge in [0.25, 0.3) is 6.01 Å². The molecule has 0 rings (SSSR count). The summed E-state index contributed by atoms with van der Waals surface area (Å²) in [5.74, 6) is 0. The zero-order valence-corrected chi connectivity index (χ0v) is 6.92. The van der Waals surface area contributed by atoms with Gasteiger partial charge in [0.1, 0.15) is 0 Å². The van der Waals surface area contributed by atoms with E-state index in [0.29, 0.717) is 0 Å². The molecule has 0 heterocycles. The van der Waals surface area contributed by atoms with E-state index >= 15 is 0 Å². The van der Waals surface area contributed by atoms with Gasteiger partial charge >= 0.3 is 21.6 Å². The molecule has 0 radical (unpaired) electrons. The second-order valence-corrected chi connectivity index (χ2v) is 3.32. The molecule has 0 saturated carbocycles. The first-order valence-electron chi connectivity index (χ1n) is 2.65. The standard InChI is InChI=1S/C4H2F6O3S/c1-2(5)13-3(6,7)4(8,9)14(10,11)12/h1H2. The molecule has 0 fully saturated rings. The lowest BCUT2D eigenvalue weighted by Crippen LogP contribution is -2.46. The maximum atomic E-state index is 12.1. The molecule has 0 N–H and O–H groups in total. The van der Waals surface area contributed by atoms with E-state index in [1.54, 1.807) is 0 Å². The molecule has 0 aromatic heterocycles. The molecule has 10 heteroatoms. The molecule has 0 aliphatic heterocycles. The van der Waals surface area contributed by atoms with Gasteiger partial charge in [0, 0.05) is 0 Å².